The van der Waals surface area contributed by atoms with Gasteiger partial charge < -0.3 is 4.74 Å². The van der Waals surface area contributed by atoms with Gasteiger partial charge in [0, 0.05) is 19.7 Å². The van der Waals surface area contributed by atoms with E-state index in [0.717, 1.165) is 15.9 Å². The molecule has 0 heterocycles. The average molecular weight is 438 g/mol. The van der Waals surface area contributed by atoms with E-state index in [1.165, 1.54) is 26.2 Å². The largest absolute Gasteiger partial charge is 0.454 e. The van der Waals surface area contributed by atoms with Crippen LogP contribution in [0, 0.1) is 0 Å². The van der Waals surface area contributed by atoms with Gasteiger partial charge in [-0.2, -0.15) is 0 Å². The zero-order valence-electron chi connectivity index (χ0n) is 17.0. The zero-order chi connectivity index (χ0) is 22.0. The Morgan fingerprint density at radius 1 is 1.00 bits per heavy atom. The first-order chi connectivity index (χ1) is 13.3. The van der Waals surface area contributed by atoms with E-state index >= 15 is 0 Å². The minimum Gasteiger partial charge on any atom is -0.454 e. The third-order valence-electron chi connectivity index (χ3n) is 4.33. The number of benzene rings is 2. The molecule has 0 N–H and O–H groups in total. The summed E-state index contributed by atoms with van der Waals surface area (Å²) in [6.07, 6.45) is 0. The average Bonchev–Trinajstić information content (AvgIpc) is 2.65. The van der Waals surface area contributed by atoms with Crippen LogP contribution in [0.25, 0.3) is 0 Å². The maximum absolute atomic E-state index is 12.3. The Balaban J connectivity index is 2.12. The molecule has 8 heteroatoms. The molecule has 0 radical (unpaired) electrons. The topological polar surface area (TPSA) is 80.8 Å². The number of ketones is 1. The second kappa shape index (κ2) is 8.65. The van der Waals surface area contributed by atoms with Crippen LogP contribution in [0.2, 0.25) is 5.02 Å². The molecule has 0 unspecified atom stereocenters. The van der Waals surface area contributed by atoms with E-state index in [9.17, 15) is 18.0 Å². The predicted octanol–water partition coefficient (Wildman–Crippen LogP) is 3.93. The standard InChI is InChI=1S/C21H24ClNO5S/c1-21(2,3)16-9-6-14(7-10-16)18(24)13-28-20(25)15-8-11-17(22)19(12-15)29(26,27)23(4)5/h6-12H,13H2,1-5H3. The first-order valence-electron chi connectivity index (χ1n) is 8.87. The number of ether oxygens (including phenoxy) is 1. The summed E-state index contributed by atoms with van der Waals surface area (Å²) in [5, 5.41) is -0.00901. The second-order valence-corrected chi connectivity index (χ2v) is 10.3. The Bertz CT molecular complexity index is 1020. The molecular weight excluding hydrogens is 414 g/mol. The van der Waals surface area contributed by atoms with E-state index in [4.69, 9.17) is 16.3 Å². The Hall–Kier alpha value is -2.22. The number of Topliss-reactive ketones (excluding diaryl/α,β-unsaturated/α-hetero) is 1. The summed E-state index contributed by atoms with van der Waals surface area (Å²) >= 11 is 5.97. The van der Waals surface area contributed by atoms with E-state index in [1.54, 1.807) is 12.1 Å². The van der Waals surface area contributed by atoms with Crippen LogP contribution >= 0.6 is 11.6 Å². The van der Waals surface area contributed by atoms with Crippen molar-refractivity contribution in [2.75, 3.05) is 20.7 Å². The van der Waals surface area contributed by atoms with Crippen LogP contribution in [-0.2, 0) is 20.2 Å². The van der Waals surface area contributed by atoms with Gasteiger partial charge >= 0.3 is 5.97 Å². The van der Waals surface area contributed by atoms with Crippen molar-refractivity contribution in [3.05, 3.63) is 64.2 Å². The Kier molecular flexibility index (Phi) is 6.88. The highest BCUT2D eigenvalue weighted by atomic mass is 35.5. The summed E-state index contributed by atoms with van der Waals surface area (Å²) in [7, 11) is -1.10. The summed E-state index contributed by atoms with van der Waals surface area (Å²) in [5.74, 6) is -1.16. The summed E-state index contributed by atoms with van der Waals surface area (Å²) in [6, 6.07) is 10.9. The van der Waals surface area contributed by atoms with Gasteiger partial charge in [0.1, 0.15) is 4.90 Å². The Morgan fingerprint density at radius 3 is 2.07 bits per heavy atom. The molecule has 2 rings (SSSR count). The zero-order valence-corrected chi connectivity index (χ0v) is 18.6. The fourth-order valence-electron chi connectivity index (χ4n) is 2.48. The van der Waals surface area contributed by atoms with Gasteiger partial charge in [0.25, 0.3) is 0 Å². The fraction of sp³-hybridized carbons (Fsp3) is 0.333. The normalized spacial score (nSPS) is 12.1. The minimum absolute atomic E-state index is 0.00861. The van der Waals surface area contributed by atoms with Crippen LogP contribution in [0.15, 0.2) is 47.4 Å². The van der Waals surface area contributed by atoms with Crippen molar-refractivity contribution in [1.82, 2.24) is 4.31 Å². The summed E-state index contributed by atoms with van der Waals surface area (Å²) in [5.41, 5.74) is 1.47. The third-order valence-corrected chi connectivity index (χ3v) is 6.63. The number of carbonyl (C=O) groups is 2. The smallest absolute Gasteiger partial charge is 0.338 e. The van der Waals surface area contributed by atoms with Crippen LogP contribution in [0.4, 0.5) is 0 Å². The van der Waals surface area contributed by atoms with Gasteiger partial charge in [-0.15, -0.1) is 0 Å². The van der Waals surface area contributed by atoms with Crippen molar-refractivity contribution in [2.45, 2.75) is 31.1 Å². The first kappa shape index (κ1) is 23.1. The number of hydrogen-bond acceptors (Lipinski definition) is 5. The number of sulfonamides is 1. The Morgan fingerprint density at radius 2 is 1.55 bits per heavy atom. The lowest BCUT2D eigenvalue weighted by Gasteiger charge is -2.19. The lowest BCUT2D eigenvalue weighted by atomic mass is 9.86. The molecule has 2 aromatic rings. The minimum atomic E-state index is -3.83. The second-order valence-electron chi connectivity index (χ2n) is 7.76. The number of esters is 1. The third kappa shape index (κ3) is 5.44. The van der Waals surface area contributed by atoms with E-state index < -0.39 is 22.6 Å². The molecule has 0 saturated carbocycles. The van der Waals surface area contributed by atoms with E-state index in [0.29, 0.717) is 5.56 Å². The van der Waals surface area contributed by atoms with Crippen molar-refractivity contribution in [1.29, 1.82) is 0 Å². The number of rotatable bonds is 6. The van der Waals surface area contributed by atoms with Crippen LogP contribution in [0.1, 0.15) is 47.1 Å². The summed E-state index contributed by atoms with van der Waals surface area (Å²) < 4.78 is 30.7. The van der Waals surface area contributed by atoms with Gasteiger partial charge in [-0.05, 0) is 29.2 Å². The van der Waals surface area contributed by atoms with E-state index in [2.05, 4.69) is 20.8 Å². The molecule has 2 aromatic carbocycles. The summed E-state index contributed by atoms with van der Waals surface area (Å²) in [6.45, 7) is 5.76. The first-order valence-corrected chi connectivity index (χ1v) is 10.7. The molecule has 0 amide bonds. The van der Waals surface area contributed by atoms with E-state index in [-0.39, 0.29) is 26.7 Å². The predicted molar refractivity (Wildman–Crippen MR) is 112 cm³/mol. The quantitative estimate of drug-likeness (QED) is 0.505. The van der Waals surface area contributed by atoms with Gasteiger partial charge in [0.2, 0.25) is 10.0 Å². The number of hydrogen-bond donors (Lipinski definition) is 0. The number of halogens is 1. The molecule has 156 valence electrons. The van der Waals surface area contributed by atoms with Crippen LogP contribution in [-0.4, -0.2) is 45.2 Å². The molecule has 0 aliphatic heterocycles. The van der Waals surface area contributed by atoms with Crippen molar-refractivity contribution in [3.63, 3.8) is 0 Å². The fourth-order valence-corrected chi connectivity index (χ4v) is 3.87. The number of carbonyl (C=O) groups excluding carboxylic acids is 2. The molecular formula is C21H24ClNO5S. The molecule has 0 bridgehead atoms. The maximum Gasteiger partial charge on any atom is 0.338 e. The van der Waals surface area contributed by atoms with Crippen molar-refractivity contribution in [3.8, 4) is 0 Å². The summed E-state index contributed by atoms with van der Waals surface area (Å²) in [4.78, 5) is 24.4. The Labute approximate surface area is 176 Å². The van der Waals surface area contributed by atoms with Gasteiger partial charge in [0.05, 0.1) is 10.6 Å². The van der Waals surface area contributed by atoms with Crippen LogP contribution < -0.4 is 0 Å². The molecule has 0 fully saturated rings. The van der Waals surface area contributed by atoms with Gasteiger partial charge in [0.15, 0.2) is 12.4 Å². The maximum atomic E-state index is 12.3. The van der Waals surface area contributed by atoms with Crippen LogP contribution in [0.5, 0.6) is 0 Å². The number of nitrogens with zero attached hydrogens (tertiary/aromatic N) is 1. The van der Waals surface area contributed by atoms with Crippen molar-refractivity contribution >= 4 is 33.4 Å². The molecule has 29 heavy (non-hydrogen) atoms. The lowest BCUT2D eigenvalue weighted by molar-refractivity contribution is 0.0474. The van der Waals surface area contributed by atoms with Crippen LogP contribution in [0.3, 0.4) is 0 Å². The SMILES string of the molecule is CN(C)S(=O)(=O)c1cc(C(=O)OCC(=O)c2ccc(C(C)(C)C)cc2)ccc1Cl. The lowest BCUT2D eigenvalue weighted by Crippen LogP contribution is -2.23. The van der Waals surface area contributed by atoms with Crippen molar-refractivity contribution < 1.29 is 22.7 Å². The monoisotopic (exact) mass is 437 g/mol. The highest BCUT2D eigenvalue weighted by Gasteiger charge is 2.23. The molecule has 0 aliphatic rings. The van der Waals surface area contributed by atoms with E-state index in [1.807, 2.05) is 12.1 Å². The molecule has 0 aliphatic carbocycles. The van der Waals surface area contributed by atoms with Gasteiger partial charge in [-0.1, -0.05) is 56.6 Å². The molecule has 0 aromatic heterocycles. The molecule has 0 saturated heterocycles. The van der Waals surface area contributed by atoms with Crippen molar-refractivity contribution in [2.24, 2.45) is 0 Å². The van der Waals surface area contributed by atoms with Gasteiger partial charge in [-0.3, -0.25) is 4.79 Å². The highest BCUT2D eigenvalue weighted by Crippen LogP contribution is 2.25. The molecule has 6 nitrogen and oxygen atoms in total. The van der Waals surface area contributed by atoms with Gasteiger partial charge in [-0.25, -0.2) is 17.5 Å². The molecule has 0 atom stereocenters. The molecule has 0 spiro atoms. The highest BCUT2D eigenvalue weighted by molar-refractivity contribution is 7.89.